The fraction of sp³-hybridized carbons (Fsp3) is 0.462. The number of halogens is 2. The molecule has 1 aromatic rings. The average Bonchev–Trinajstić information content (AvgIpc) is 2.36. The summed E-state index contributed by atoms with van der Waals surface area (Å²) in [6.07, 6.45) is 1.44. The lowest BCUT2D eigenvalue weighted by atomic mass is 10.0. The minimum absolute atomic E-state index is 0.0638. The summed E-state index contributed by atoms with van der Waals surface area (Å²) in [5.41, 5.74) is 0.272. The molecule has 1 aromatic heterocycles. The maximum atomic E-state index is 11.9. The zero-order valence-electron chi connectivity index (χ0n) is 11.0. The molecule has 0 saturated carbocycles. The van der Waals surface area contributed by atoms with Crippen molar-refractivity contribution in [1.82, 2.24) is 10.3 Å². The minimum atomic E-state index is -0.806. The van der Waals surface area contributed by atoms with Gasteiger partial charge < -0.3 is 10.4 Å². The Labute approximate surface area is 127 Å². The highest BCUT2D eigenvalue weighted by atomic mass is 35.5. The summed E-state index contributed by atoms with van der Waals surface area (Å²) < 4.78 is 0. The Kier molecular flexibility index (Phi) is 6.75. The number of rotatable bonds is 7. The molecule has 1 unspecified atom stereocenters. The Morgan fingerprint density at radius 2 is 2.05 bits per heavy atom. The molecule has 1 heterocycles. The van der Waals surface area contributed by atoms with E-state index < -0.39 is 5.97 Å². The number of carboxylic acids is 1. The zero-order chi connectivity index (χ0) is 15.1. The maximum absolute atomic E-state index is 11.9. The first kappa shape index (κ1) is 16.7. The van der Waals surface area contributed by atoms with Crippen LogP contribution in [-0.4, -0.2) is 28.5 Å². The van der Waals surface area contributed by atoms with Crippen molar-refractivity contribution in [1.29, 1.82) is 0 Å². The number of carbonyl (C=O) groups excluding carboxylic acids is 1. The summed E-state index contributed by atoms with van der Waals surface area (Å²) in [6, 6.07) is 3.01. The molecular weight excluding hydrogens is 303 g/mol. The highest BCUT2D eigenvalue weighted by molar-refractivity contribution is 6.34. The minimum Gasteiger partial charge on any atom is -0.481 e. The molecule has 5 nitrogen and oxygen atoms in total. The highest BCUT2D eigenvalue weighted by Gasteiger charge is 2.12. The molecule has 0 radical (unpaired) electrons. The molecule has 1 atom stereocenters. The number of carbonyl (C=O) groups is 2. The van der Waals surface area contributed by atoms with E-state index >= 15 is 0 Å². The lowest BCUT2D eigenvalue weighted by molar-refractivity contribution is -0.137. The van der Waals surface area contributed by atoms with Gasteiger partial charge in [0, 0.05) is 13.0 Å². The van der Waals surface area contributed by atoms with Crippen LogP contribution < -0.4 is 5.32 Å². The highest BCUT2D eigenvalue weighted by Crippen LogP contribution is 2.16. The Hall–Kier alpha value is -1.33. The molecule has 0 bridgehead atoms. The van der Waals surface area contributed by atoms with E-state index in [9.17, 15) is 9.59 Å². The third-order valence-corrected chi connectivity index (χ3v) is 3.33. The third kappa shape index (κ3) is 5.75. The Morgan fingerprint density at radius 3 is 2.65 bits per heavy atom. The van der Waals surface area contributed by atoms with Crippen LogP contribution in [-0.2, 0) is 4.79 Å². The number of aromatic nitrogens is 1. The van der Waals surface area contributed by atoms with Gasteiger partial charge in [-0.05, 0) is 30.9 Å². The van der Waals surface area contributed by atoms with Crippen LogP contribution in [0.4, 0.5) is 0 Å². The van der Waals surface area contributed by atoms with Gasteiger partial charge in [-0.25, -0.2) is 4.98 Å². The molecule has 0 fully saturated rings. The van der Waals surface area contributed by atoms with E-state index in [1.165, 1.54) is 12.1 Å². The van der Waals surface area contributed by atoms with Gasteiger partial charge in [-0.1, -0.05) is 30.1 Å². The van der Waals surface area contributed by atoms with E-state index in [-0.39, 0.29) is 34.1 Å². The zero-order valence-corrected chi connectivity index (χ0v) is 12.5. The van der Waals surface area contributed by atoms with Crippen LogP contribution in [0, 0.1) is 5.92 Å². The number of pyridine rings is 1. The predicted molar refractivity (Wildman–Crippen MR) is 77.2 cm³/mol. The van der Waals surface area contributed by atoms with Gasteiger partial charge >= 0.3 is 5.97 Å². The van der Waals surface area contributed by atoms with Gasteiger partial charge in [0.15, 0.2) is 0 Å². The molecule has 7 heteroatoms. The topological polar surface area (TPSA) is 79.3 Å². The van der Waals surface area contributed by atoms with E-state index in [0.717, 1.165) is 0 Å². The summed E-state index contributed by atoms with van der Waals surface area (Å²) in [6.45, 7) is 2.41. The van der Waals surface area contributed by atoms with Crippen molar-refractivity contribution in [2.24, 2.45) is 5.92 Å². The van der Waals surface area contributed by atoms with Gasteiger partial charge in [-0.3, -0.25) is 9.59 Å². The van der Waals surface area contributed by atoms with E-state index in [1.807, 2.05) is 6.92 Å². The fourth-order valence-electron chi connectivity index (χ4n) is 1.62. The quantitative estimate of drug-likeness (QED) is 0.757. The van der Waals surface area contributed by atoms with Gasteiger partial charge in [0.25, 0.3) is 5.91 Å². The second kappa shape index (κ2) is 8.07. The van der Waals surface area contributed by atoms with E-state index in [1.54, 1.807) is 0 Å². The van der Waals surface area contributed by atoms with Gasteiger partial charge in [-0.2, -0.15) is 0 Å². The Morgan fingerprint density at radius 1 is 1.35 bits per heavy atom. The van der Waals surface area contributed by atoms with Crippen molar-refractivity contribution in [3.8, 4) is 0 Å². The number of hydrogen-bond donors (Lipinski definition) is 2. The SMILES string of the molecule is CC(CCNC(=O)c1ccc(Cl)nc1Cl)CCC(=O)O. The standard InChI is InChI=1S/C13H16Cl2N2O3/c1-8(2-5-11(18)19)6-7-16-13(20)9-3-4-10(14)17-12(9)15/h3-4,8H,2,5-7H2,1H3,(H,16,20)(H,18,19). The number of hydrogen-bond acceptors (Lipinski definition) is 3. The summed E-state index contributed by atoms with van der Waals surface area (Å²) in [7, 11) is 0. The molecule has 0 aromatic carbocycles. The summed E-state index contributed by atoms with van der Waals surface area (Å²) in [5, 5.41) is 11.6. The predicted octanol–water partition coefficient (Wildman–Crippen LogP) is 3.01. The van der Waals surface area contributed by atoms with Gasteiger partial charge in [0.1, 0.15) is 10.3 Å². The normalized spacial score (nSPS) is 11.9. The van der Waals surface area contributed by atoms with E-state index in [2.05, 4.69) is 10.3 Å². The third-order valence-electron chi connectivity index (χ3n) is 2.83. The van der Waals surface area contributed by atoms with Crippen molar-refractivity contribution >= 4 is 35.1 Å². The van der Waals surface area contributed by atoms with Gasteiger partial charge in [0.05, 0.1) is 5.56 Å². The van der Waals surface area contributed by atoms with E-state index in [0.29, 0.717) is 19.4 Å². The second-order valence-corrected chi connectivity index (χ2v) is 5.30. The fourth-order valence-corrected chi connectivity index (χ4v) is 2.05. The summed E-state index contributed by atoms with van der Waals surface area (Å²) >= 11 is 11.5. The molecule has 0 aliphatic rings. The molecular formula is C13H16Cl2N2O3. The van der Waals surface area contributed by atoms with Crippen LogP contribution in [0.15, 0.2) is 12.1 Å². The van der Waals surface area contributed by atoms with Crippen LogP contribution >= 0.6 is 23.2 Å². The van der Waals surface area contributed by atoms with Crippen LogP contribution in [0.5, 0.6) is 0 Å². The molecule has 110 valence electrons. The van der Waals surface area contributed by atoms with Crippen LogP contribution in [0.1, 0.15) is 36.5 Å². The largest absolute Gasteiger partial charge is 0.481 e. The number of carboxylic acid groups (broad SMARTS) is 1. The molecule has 0 spiro atoms. The first-order valence-corrected chi connectivity index (χ1v) is 6.97. The molecule has 1 amide bonds. The molecule has 1 rings (SSSR count). The molecule has 0 saturated heterocycles. The summed E-state index contributed by atoms with van der Waals surface area (Å²) in [5.74, 6) is -0.894. The average molecular weight is 319 g/mol. The number of aliphatic carboxylic acids is 1. The smallest absolute Gasteiger partial charge is 0.303 e. The Bertz CT molecular complexity index is 495. The Balaban J connectivity index is 2.38. The first-order chi connectivity index (χ1) is 9.40. The van der Waals surface area contributed by atoms with Crippen molar-refractivity contribution in [2.75, 3.05) is 6.54 Å². The first-order valence-electron chi connectivity index (χ1n) is 6.22. The van der Waals surface area contributed by atoms with Crippen molar-refractivity contribution in [2.45, 2.75) is 26.2 Å². The van der Waals surface area contributed by atoms with Crippen LogP contribution in [0.3, 0.4) is 0 Å². The van der Waals surface area contributed by atoms with E-state index in [4.69, 9.17) is 28.3 Å². The van der Waals surface area contributed by atoms with Crippen molar-refractivity contribution in [3.63, 3.8) is 0 Å². The van der Waals surface area contributed by atoms with Gasteiger partial charge in [0.2, 0.25) is 0 Å². The van der Waals surface area contributed by atoms with Gasteiger partial charge in [-0.15, -0.1) is 0 Å². The number of nitrogens with zero attached hydrogens (tertiary/aromatic N) is 1. The lowest BCUT2D eigenvalue weighted by Gasteiger charge is -2.11. The number of nitrogens with one attached hydrogen (secondary N) is 1. The molecule has 2 N–H and O–H groups in total. The molecule has 20 heavy (non-hydrogen) atoms. The monoisotopic (exact) mass is 318 g/mol. The molecule has 0 aliphatic heterocycles. The summed E-state index contributed by atoms with van der Waals surface area (Å²) in [4.78, 5) is 26.1. The number of amides is 1. The maximum Gasteiger partial charge on any atom is 0.303 e. The molecule has 0 aliphatic carbocycles. The van der Waals surface area contributed by atoms with Crippen LogP contribution in [0.25, 0.3) is 0 Å². The van der Waals surface area contributed by atoms with Crippen molar-refractivity contribution in [3.05, 3.63) is 28.0 Å². The second-order valence-electron chi connectivity index (χ2n) is 4.55. The van der Waals surface area contributed by atoms with Crippen LogP contribution in [0.2, 0.25) is 10.3 Å². The van der Waals surface area contributed by atoms with Crippen molar-refractivity contribution < 1.29 is 14.7 Å². The lowest BCUT2D eigenvalue weighted by Crippen LogP contribution is -2.26.